The number of hydrogen-bond acceptors (Lipinski definition) is 5. The van der Waals surface area contributed by atoms with Crippen molar-refractivity contribution in [1.29, 1.82) is 0 Å². The fourth-order valence-corrected chi connectivity index (χ4v) is 6.25. The van der Waals surface area contributed by atoms with E-state index in [9.17, 15) is 14.4 Å². The second kappa shape index (κ2) is 12.9. The Morgan fingerprint density at radius 3 is 2.42 bits per heavy atom. The van der Waals surface area contributed by atoms with Crippen LogP contribution in [-0.2, 0) is 25.4 Å². The molecule has 1 aliphatic heterocycles. The number of benzene rings is 1. The molecule has 11 heteroatoms. The van der Waals surface area contributed by atoms with E-state index in [0.717, 1.165) is 35.3 Å². The molecule has 0 aliphatic carbocycles. The Bertz CT molecular complexity index is 1490. The largest absolute Gasteiger partial charge is 0.444 e. The number of rotatable bonds is 5. The molecule has 220 valence electrons. The van der Waals surface area contributed by atoms with Crippen molar-refractivity contribution in [3.05, 3.63) is 60.2 Å². The van der Waals surface area contributed by atoms with Gasteiger partial charge >= 0.3 is 11.8 Å². The normalized spacial score (nSPS) is 16.4. The molecule has 3 heterocycles. The quantitative estimate of drug-likeness (QED) is 0.390. The van der Waals surface area contributed by atoms with Crippen LogP contribution >= 0.6 is 27.5 Å². The molecular weight excluding hydrogens is 598 g/mol. The number of nitrogens with zero attached hydrogens (tertiary/aromatic N) is 4. The van der Waals surface area contributed by atoms with Gasteiger partial charge in [0.1, 0.15) is 16.9 Å². The molecule has 2 atom stereocenters. The number of nitrogens with one attached hydrogen (secondary N) is 1. The first kappa shape index (κ1) is 31.8. The van der Waals surface area contributed by atoms with Crippen LogP contribution in [-0.4, -0.2) is 44.5 Å². The number of carbonyl (C=O) groups is 1. The maximum atomic E-state index is 13.4. The smallest absolute Gasteiger partial charge is 0.407 e. The van der Waals surface area contributed by atoms with E-state index in [1.54, 1.807) is 7.05 Å². The van der Waals surface area contributed by atoms with Crippen molar-refractivity contribution in [1.82, 2.24) is 19.0 Å². The minimum absolute atomic E-state index is 0.120. The Balaban J connectivity index is 0.00000216. The fraction of sp³-hybridized carbons (Fsp3) is 0.552. The van der Waals surface area contributed by atoms with Gasteiger partial charge in [0.25, 0.3) is 5.56 Å². The summed E-state index contributed by atoms with van der Waals surface area (Å²) in [5.41, 5.74) is 0.506. The second-order valence-corrected chi connectivity index (χ2v) is 12.2. The van der Waals surface area contributed by atoms with Crippen LogP contribution < -0.4 is 21.5 Å². The Kier molecular flexibility index (Phi) is 10.2. The molecule has 2 aromatic heterocycles. The van der Waals surface area contributed by atoms with Crippen LogP contribution in [0.2, 0.25) is 5.02 Å². The summed E-state index contributed by atoms with van der Waals surface area (Å²) >= 11 is 10.3. The van der Waals surface area contributed by atoms with Gasteiger partial charge in [-0.05, 0) is 74.0 Å². The molecule has 3 aromatic rings. The van der Waals surface area contributed by atoms with Crippen LogP contribution in [0, 0.1) is 5.92 Å². The molecule has 0 radical (unpaired) electrons. The summed E-state index contributed by atoms with van der Waals surface area (Å²) in [6, 6.07) is 7.42. The maximum Gasteiger partial charge on any atom is 0.407 e. The number of alkyl carbamates (subject to hydrolysis) is 1. The van der Waals surface area contributed by atoms with Crippen molar-refractivity contribution in [2.45, 2.75) is 72.6 Å². The Labute approximate surface area is 249 Å². The van der Waals surface area contributed by atoms with Crippen molar-refractivity contribution in [2.75, 3.05) is 18.0 Å². The zero-order valence-electron chi connectivity index (χ0n) is 24.7. The summed E-state index contributed by atoms with van der Waals surface area (Å²) in [6.45, 7) is 13.3. The van der Waals surface area contributed by atoms with Crippen molar-refractivity contribution >= 4 is 50.5 Å². The lowest BCUT2D eigenvalue weighted by molar-refractivity contribution is 0.0489. The van der Waals surface area contributed by atoms with Crippen molar-refractivity contribution in [3.8, 4) is 0 Å². The van der Waals surface area contributed by atoms with Crippen molar-refractivity contribution in [2.24, 2.45) is 20.0 Å². The first-order valence-corrected chi connectivity index (χ1v) is 14.9. The number of aryl methyl sites for hydroxylation is 1. The average molecular weight is 639 g/mol. The summed E-state index contributed by atoms with van der Waals surface area (Å²) in [5, 5.41) is 3.59. The summed E-state index contributed by atoms with van der Waals surface area (Å²) in [6.07, 6.45) is 1.41. The van der Waals surface area contributed by atoms with Gasteiger partial charge in [0.2, 0.25) is 0 Å². The molecular formula is C29H41BrClN5O4. The first-order valence-electron chi connectivity index (χ1n) is 13.8. The molecule has 9 nitrogen and oxygen atoms in total. The highest BCUT2D eigenvalue weighted by Crippen LogP contribution is 2.38. The van der Waals surface area contributed by atoms with Crippen LogP contribution in [0.4, 0.5) is 10.6 Å². The average Bonchev–Trinajstić information content (AvgIpc) is 3.19. The third-order valence-corrected chi connectivity index (χ3v) is 8.16. The zero-order chi connectivity index (χ0) is 29.9. The van der Waals surface area contributed by atoms with E-state index < -0.39 is 17.4 Å². The molecule has 1 aromatic carbocycles. The Morgan fingerprint density at radius 2 is 1.80 bits per heavy atom. The minimum atomic E-state index is -0.574. The number of hydrogen-bond donors (Lipinski definition) is 1. The third-order valence-electron chi connectivity index (χ3n) is 7.07. The van der Waals surface area contributed by atoms with Crippen LogP contribution in [0.25, 0.3) is 11.0 Å². The molecule has 1 N–H and O–H groups in total. The predicted molar refractivity (Wildman–Crippen MR) is 166 cm³/mol. The van der Waals surface area contributed by atoms with Gasteiger partial charge in [-0.1, -0.05) is 43.6 Å². The number of halogens is 2. The van der Waals surface area contributed by atoms with E-state index in [-0.39, 0.29) is 17.5 Å². The van der Waals surface area contributed by atoms with E-state index in [2.05, 4.69) is 26.1 Å². The highest BCUT2D eigenvalue weighted by atomic mass is 79.9. The van der Waals surface area contributed by atoms with Gasteiger partial charge in [-0.3, -0.25) is 13.9 Å². The number of amides is 1. The lowest BCUT2D eigenvalue weighted by Gasteiger charge is -2.38. The number of fused-ring (bicyclic) bond motifs is 1. The van der Waals surface area contributed by atoms with Gasteiger partial charge < -0.3 is 19.5 Å². The monoisotopic (exact) mass is 637 g/mol. The minimum Gasteiger partial charge on any atom is -0.444 e. The standard InChI is InChI=1S/C27H35BrClN5O4.C2H6/c1-16(30-25(36)38-27(2,3)4)17-11-9-13-33(14-17)23-20(28)21-22(24(35)32(6)26(37)31(21)5)34(23)15-18-10-7-8-12-19(18)29;1-2/h7-8,10,12,16-17H,9,11,13-15H2,1-6H3,(H,30,36);1-2H3/t16-,17?;/m0./s1. The number of piperidine rings is 1. The van der Waals surface area contributed by atoms with Gasteiger partial charge in [0.15, 0.2) is 0 Å². The SMILES string of the molecule is CC.C[C@H](NC(=O)OC(C)(C)C)C1CCCN(c2c(Br)c3c(c(=O)n(C)c(=O)n3C)n2Cc2ccccc2Cl)C1. The predicted octanol–water partition coefficient (Wildman–Crippen LogP) is 5.66. The molecule has 1 unspecified atom stereocenters. The number of aromatic nitrogens is 3. The molecule has 0 spiro atoms. The maximum absolute atomic E-state index is 13.4. The van der Waals surface area contributed by atoms with Crippen molar-refractivity contribution < 1.29 is 9.53 Å². The van der Waals surface area contributed by atoms with Crippen LogP contribution in [0.15, 0.2) is 38.3 Å². The second-order valence-electron chi connectivity index (χ2n) is 11.0. The van der Waals surface area contributed by atoms with E-state index in [1.807, 2.05) is 70.4 Å². The van der Waals surface area contributed by atoms with Gasteiger partial charge in [-0.2, -0.15) is 0 Å². The zero-order valence-corrected chi connectivity index (χ0v) is 27.0. The van der Waals surface area contributed by atoms with Gasteiger partial charge in [0, 0.05) is 38.2 Å². The van der Waals surface area contributed by atoms with Crippen LogP contribution in [0.1, 0.15) is 59.9 Å². The number of ether oxygens (including phenoxy) is 1. The van der Waals surface area contributed by atoms with Crippen LogP contribution in [0.3, 0.4) is 0 Å². The molecule has 1 saturated heterocycles. The lowest BCUT2D eigenvalue weighted by Crippen LogP contribution is -2.47. The first-order chi connectivity index (χ1) is 18.8. The summed E-state index contributed by atoms with van der Waals surface area (Å²) < 4.78 is 10.7. The molecule has 0 bridgehead atoms. The number of anilines is 1. The van der Waals surface area contributed by atoms with Gasteiger partial charge in [-0.15, -0.1) is 0 Å². The highest BCUT2D eigenvalue weighted by Gasteiger charge is 2.32. The summed E-state index contributed by atoms with van der Waals surface area (Å²) in [4.78, 5) is 40.9. The lowest BCUT2D eigenvalue weighted by atomic mass is 9.91. The molecule has 1 fully saturated rings. The highest BCUT2D eigenvalue weighted by molar-refractivity contribution is 9.10. The molecule has 4 rings (SSSR count). The van der Waals surface area contributed by atoms with E-state index >= 15 is 0 Å². The third kappa shape index (κ3) is 6.60. The topological polar surface area (TPSA) is 90.5 Å². The molecule has 40 heavy (non-hydrogen) atoms. The van der Waals surface area contributed by atoms with Crippen molar-refractivity contribution in [3.63, 3.8) is 0 Å². The van der Waals surface area contributed by atoms with Crippen LogP contribution in [0.5, 0.6) is 0 Å². The molecule has 1 amide bonds. The molecule has 0 saturated carbocycles. The number of carbonyl (C=O) groups excluding carboxylic acids is 1. The Hall–Kier alpha value is -2.72. The van der Waals surface area contributed by atoms with E-state index in [1.165, 1.54) is 11.6 Å². The fourth-order valence-electron chi connectivity index (χ4n) is 5.13. The molecule has 1 aliphatic rings. The Morgan fingerprint density at radius 1 is 1.15 bits per heavy atom. The van der Waals surface area contributed by atoms with E-state index in [4.69, 9.17) is 16.3 Å². The van der Waals surface area contributed by atoms with Gasteiger partial charge in [-0.25, -0.2) is 9.59 Å². The van der Waals surface area contributed by atoms with Gasteiger partial charge in [0.05, 0.1) is 16.5 Å². The van der Waals surface area contributed by atoms with E-state index in [0.29, 0.717) is 33.6 Å². The summed E-state index contributed by atoms with van der Waals surface area (Å²) in [5.74, 6) is 0.967. The summed E-state index contributed by atoms with van der Waals surface area (Å²) in [7, 11) is 3.16.